The minimum absolute atomic E-state index is 0.00472. The van der Waals surface area contributed by atoms with Gasteiger partial charge >= 0.3 is 0 Å². The summed E-state index contributed by atoms with van der Waals surface area (Å²) in [6.45, 7) is 2.59. The standard InChI is InChI=1S/C24H23F2N5O3/c1-15(24(2,25)26)34-20-5-4-16(12-27)22(33-3)21(20)23(32)30-11-8-19-17(13-30)14-31(29-19)18-6-9-28-10-7-18/h4-7,9-10,14-15H,8,11,13H2,1-3H3. The van der Waals surface area contributed by atoms with E-state index < -0.39 is 17.9 Å². The smallest absolute Gasteiger partial charge is 0.281 e. The second-order valence-corrected chi connectivity index (χ2v) is 8.08. The van der Waals surface area contributed by atoms with E-state index in [9.17, 15) is 18.8 Å². The molecule has 0 spiro atoms. The van der Waals surface area contributed by atoms with Gasteiger partial charge in [-0.05, 0) is 31.2 Å². The maximum atomic E-state index is 13.8. The maximum absolute atomic E-state index is 13.8. The Morgan fingerprint density at radius 3 is 2.65 bits per heavy atom. The fourth-order valence-electron chi connectivity index (χ4n) is 3.73. The van der Waals surface area contributed by atoms with Crippen molar-refractivity contribution in [2.75, 3.05) is 13.7 Å². The number of carbonyl (C=O) groups is 1. The van der Waals surface area contributed by atoms with Crippen LogP contribution in [0.15, 0.2) is 42.9 Å². The van der Waals surface area contributed by atoms with Crippen molar-refractivity contribution in [1.82, 2.24) is 19.7 Å². The molecule has 3 heterocycles. The third-order valence-electron chi connectivity index (χ3n) is 5.75. The number of aromatic nitrogens is 3. The first kappa shape index (κ1) is 23.2. The van der Waals surface area contributed by atoms with Crippen molar-refractivity contribution >= 4 is 5.91 Å². The van der Waals surface area contributed by atoms with Crippen LogP contribution in [0.25, 0.3) is 5.69 Å². The van der Waals surface area contributed by atoms with Gasteiger partial charge in [0.25, 0.3) is 11.8 Å². The van der Waals surface area contributed by atoms with Crippen LogP contribution >= 0.6 is 0 Å². The third kappa shape index (κ3) is 4.41. The Kier molecular flexibility index (Phi) is 6.20. The second-order valence-electron chi connectivity index (χ2n) is 8.08. The molecule has 0 radical (unpaired) electrons. The van der Waals surface area contributed by atoms with Gasteiger partial charge in [0, 0.05) is 50.6 Å². The van der Waals surface area contributed by atoms with Crippen molar-refractivity contribution in [1.29, 1.82) is 5.26 Å². The zero-order valence-electron chi connectivity index (χ0n) is 19.0. The van der Waals surface area contributed by atoms with Gasteiger partial charge in [-0.2, -0.15) is 10.4 Å². The number of hydrogen-bond donors (Lipinski definition) is 0. The van der Waals surface area contributed by atoms with Crippen molar-refractivity contribution in [3.05, 3.63) is 65.2 Å². The molecule has 1 unspecified atom stereocenters. The summed E-state index contributed by atoms with van der Waals surface area (Å²) < 4.78 is 40.2. The number of pyridine rings is 1. The van der Waals surface area contributed by atoms with Gasteiger partial charge in [-0.3, -0.25) is 9.78 Å². The van der Waals surface area contributed by atoms with Gasteiger partial charge in [-0.25, -0.2) is 13.5 Å². The van der Waals surface area contributed by atoms with Crippen LogP contribution in [-0.4, -0.2) is 51.3 Å². The molecule has 1 amide bonds. The summed E-state index contributed by atoms with van der Waals surface area (Å²) in [6.07, 6.45) is 4.21. The SMILES string of the molecule is COc1c(C#N)ccc(OC(C)C(C)(F)F)c1C(=O)N1CCc2nn(-c3ccncc3)cc2C1. The fourth-order valence-corrected chi connectivity index (χ4v) is 3.73. The van der Waals surface area contributed by atoms with E-state index in [-0.39, 0.29) is 29.2 Å². The Labute approximate surface area is 195 Å². The zero-order valence-corrected chi connectivity index (χ0v) is 19.0. The highest BCUT2D eigenvalue weighted by Gasteiger charge is 2.35. The second kappa shape index (κ2) is 9.09. The number of halogens is 2. The van der Waals surface area contributed by atoms with Gasteiger partial charge in [-0.1, -0.05) is 0 Å². The summed E-state index contributed by atoms with van der Waals surface area (Å²) >= 11 is 0. The fraction of sp³-hybridized carbons (Fsp3) is 0.333. The Morgan fingerprint density at radius 1 is 1.26 bits per heavy atom. The normalized spacial score (nSPS) is 14.2. The molecule has 1 aliphatic rings. The summed E-state index contributed by atoms with van der Waals surface area (Å²) in [5.74, 6) is -3.68. The monoisotopic (exact) mass is 467 g/mol. The van der Waals surface area contributed by atoms with Crippen LogP contribution < -0.4 is 9.47 Å². The number of hydrogen-bond acceptors (Lipinski definition) is 6. The highest BCUT2D eigenvalue weighted by Crippen LogP contribution is 2.36. The summed E-state index contributed by atoms with van der Waals surface area (Å²) in [5, 5.41) is 14.1. The molecular formula is C24H23F2N5O3. The van der Waals surface area contributed by atoms with Gasteiger partial charge in [0.05, 0.1) is 24.1 Å². The first-order valence-corrected chi connectivity index (χ1v) is 10.7. The van der Waals surface area contributed by atoms with Crippen LogP contribution in [-0.2, 0) is 13.0 Å². The Morgan fingerprint density at radius 2 is 2.00 bits per heavy atom. The Bertz CT molecular complexity index is 1250. The molecule has 3 aromatic rings. The molecule has 34 heavy (non-hydrogen) atoms. The number of methoxy groups -OCH3 is 1. The van der Waals surface area contributed by atoms with E-state index in [2.05, 4.69) is 10.1 Å². The predicted octanol–water partition coefficient (Wildman–Crippen LogP) is 3.77. The van der Waals surface area contributed by atoms with Gasteiger partial charge in [0.1, 0.15) is 17.4 Å². The summed E-state index contributed by atoms with van der Waals surface area (Å²) in [6, 6.07) is 8.37. The molecule has 1 atom stereocenters. The first-order valence-electron chi connectivity index (χ1n) is 10.7. The summed E-state index contributed by atoms with van der Waals surface area (Å²) in [5.41, 5.74) is 2.63. The van der Waals surface area contributed by atoms with Crippen LogP contribution in [0.4, 0.5) is 8.78 Å². The van der Waals surface area contributed by atoms with Crippen LogP contribution in [0.2, 0.25) is 0 Å². The number of fused-ring (bicyclic) bond motifs is 1. The molecule has 0 fully saturated rings. The summed E-state index contributed by atoms with van der Waals surface area (Å²) in [7, 11) is 1.32. The minimum Gasteiger partial charge on any atom is -0.494 e. The number of alkyl halides is 2. The minimum atomic E-state index is -3.14. The highest BCUT2D eigenvalue weighted by atomic mass is 19.3. The zero-order chi connectivity index (χ0) is 24.5. The molecule has 0 saturated heterocycles. The number of rotatable bonds is 6. The molecule has 176 valence electrons. The highest BCUT2D eigenvalue weighted by molar-refractivity contribution is 6.00. The maximum Gasteiger partial charge on any atom is 0.281 e. The lowest BCUT2D eigenvalue weighted by Gasteiger charge is -2.29. The van der Waals surface area contributed by atoms with E-state index in [1.165, 1.54) is 26.2 Å². The largest absolute Gasteiger partial charge is 0.494 e. The molecule has 0 N–H and O–H groups in total. The quantitative estimate of drug-likeness (QED) is 0.548. The van der Waals surface area contributed by atoms with E-state index in [4.69, 9.17) is 9.47 Å². The number of nitriles is 1. The summed E-state index contributed by atoms with van der Waals surface area (Å²) in [4.78, 5) is 19.2. The van der Waals surface area contributed by atoms with Crippen molar-refractivity contribution < 1.29 is 23.0 Å². The van der Waals surface area contributed by atoms with Gasteiger partial charge in [0.15, 0.2) is 11.9 Å². The lowest BCUT2D eigenvalue weighted by Crippen LogP contribution is -2.37. The molecule has 8 nitrogen and oxygen atoms in total. The van der Waals surface area contributed by atoms with E-state index >= 15 is 0 Å². The molecule has 1 aromatic carbocycles. The molecule has 1 aliphatic heterocycles. The van der Waals surface area contributed by atoms with Gasteiger partial charge in [0.2, 0.25) is 0 Å². The number of amides is 1. The van der Waals surface area contributed by atoms with Crippen LogP contribution in [0.5, 0.6) is 11.5 Å². The molecule has 10 heteroatoms. The van der Waals surface area contributed by atoms with Crippen LogP contribution in [0, 0.1) is 11.3 Å². The number of ether oxygens (including phenoxy) is 2. The van der Waals surface area contributed by atoms with E-state index in [1.54, 1.807) is 22.0 Å². The van der Waals surface area contributed by atoms with Gasteiger partial charge < -0.3 is 14.4 Å². The molecule has 4 rings (SSSR count). The topological polar surface area (TPSA) is 93.3 Å². The number of benzene rings is 1. The molecule has 0 aliphatic carbocycles. The lowest BCUT2D eigenvalue weighted by atomic mass is 10.0. The average Bonchev–Trinajstić information content (AvgIpc) is 3.26. The van der Waals surface area contributed by atoms with Gasteiger partial charge in [-0.15, -0.1) is 0 Å². The Hall–Kier alpha value is -4.00. The van der Waals surface area contributed by atoms with Crippen molar-refractivity contribution in [3.63, 3.8) is 0 Å². The van der Waals surface area contributed by atoms with E-state index in [0.29, 0.717) is 13.0 Å². The Balaban J connectivity index is 1.67. The molecule has 2 aromatic heterocycles. The molecular weight excluding hydrogens is 444 g/mol. The van der Waals surface area contributed by atoms with Crippen LogP contribution in [0.1, 0.15) is 41.0 Å². The van der Waals surface area contributed by atoms with Crippen LogP contribution in [0.3, 0.4) is 0 Å². The molecule has 0 bridgehead atoms. The van der Waals surface area contributed by atoms with E-state index in [1.807, 2.05) is 24.4 Å². The molecule has 0 saturated carbocycles. The van der Waals surface area contributed by atoms with Crippen molar-refractivity contribution in [2.24, 2.45) is 0 Å². The van der Waals surface area contributed by atoms with E-state index in [0.717, 1.165) is 23.9 Å². The predicted molar refractivity (Wildman–Crippen MR) is 118 cm³/mol. The van der Waals surface area contributed by atoms with Crippen molar-refractivity contribution in [3.8, 4) is 23.3 Å². The lowest BCUT2D eigenvalue weighted by molar-refractivity contribution is -0.0720. The number of nitrogens with zero attached hydrogens (tertiary/aromatic N) is 5. The van der Waals surface area contributed by atoms with Crippen molar-refractivity contribution in [2.45, 2.75) is 38.8 Å². The third-order valence-corrected chi connectivity index (χ3v) is 5.75. The first-order chi connectivity index (χ1) is 16.2. The number of carbonyl (C=O) groups excluding carboxylic acids is 1. The average molecular weight is 467 g/mol.